The van der Waals surface area contributed by atoms with Crippen molar-refractivity contribution >= 4 is 23.4 Å². The Balaban J connectivity index is 1.42. The van der Waals surface area contributed by atoms with Crippen molar-refractivity contribution in [1.82, 2.24) is 14.7 Å². The van der Waals surface area contributed by atoms with E-state index in [1.807, 2.05) is 67.6 Å². The van der Waals surface area contributed by atoms with E-state index in [9.17, 15) is 19.5 Å². The van der Waals surface area contributed by atoms with E-state index in [0.29, 0.717) is 56.9 Å². The predicted octanol–water partition coefficient (Wildman–Crippen LogP) is 3.05. The average molecular weight is 643 g/mol. The molecule has 4 aliphatic heterocycles. The number of amides is 3. The van der Waals surface area contributed by atoms with Gasteiger partial charge in [-0.3, -0.25) is 19.3 Å². The molecule has 4 aliphatic rings. The van der Waals surface area contributed by atoms with Gasteiger partial charge in [0.15, 0.2) is 0 Å². The van der Waals surface area contributed by atoms with Crippen LogP contribution in [0.15, 0.2) is 86.0 Å². The third-order valence-corrected chi connectivity index (χ3v) is 10.5. The zero-order valence-corrected chi connectivity index (χ0v) is 27.2. The van der Waals surface area contributed by atoms with Crippen LogP contribution in [0.4, 0.5) is 5.69 Å². The Morgan fingerprint density at radius 2 is 1.66 bits per heavy atom. The Labute approximate surface area is 277 Å². The maximum atomic E-state index is 15.0. The molecule has 0 aliphatic carbocycles. The van der Waals surface area contributed by atoms with E-state index in [1.165, 1.54) is 0 Å². The van der Waals surface area contributed by atoms with E-state index in [2.05, 4.69) is 18.1 Å². The van der Waals surface area contributed by atoms with E-state index < -0.39 is 35.1 Å². The first-order chi connectivity index (χ1) is 22.8. The predicted molar refractivity (Wildman–Crippen MR) is 178 cm³/mol. The number of morpholine rings is 1. The van der Waals surface area contributed by atoms with Crippen LogP contribution in [-0.2, 0) is 23.9 Å². The summed E-state index contributed by atoms with van der Waals surface area (Å²) in [5.41, 5.74) is -0.775. The van der Waals surface area contributed by atoms with Crippen LogP contribution >= 0.6 is 0 Å². The number of aliphatic hydroxyl groups is 1. The summed E-state index contributed by atoms with van der Waals surface area (Å²) in [7, 11) is 0. The summed E-state index contributed by atoms with van der Waals surface area (Å²) < 4.78 is 12.4. The second-order valence-electron chi connectivity index (χ2n) is 13.2. The highest BCUT2D eigenvalue weighted by Gasteiger charge is 2.79. The van der Waals surface area contributed by atoms with Crippen LogP contribution in [-0.4, -0.2) is 114 Å². The second kappa shape index (κ2) is 13.7. The molecule has 2 aromatic rings. The SMILES string of the molecule is C=CCN(CCN1CCOCC1)C(=O)C1N([C@H](CO)c2ccccc2)C(=O)[C@@H]2[C@H](C(=O)N(CC=C)c3ccccc3)[C@]3(C)CCC12O3. The first-order valence-electron chi connectivity index (χ1n) is 16.6. The molecule has 3 amide bonds. The molecular weight excluding hydrogens is 596 g/mol. The van der Waals surface area contributed by atoms with Gasteiger partial charge in [0, 0.05) is 45.0 Å². The molecule has 10 heteroatoms. The van der Waals surface area contributed by atoms with Crippen LogP contribution < -0.4 is 4.90 Å². The van der Waals surface area contributed by atoms with E-state index in [0.717, 1.165) is 13.1 Å². The fourth-order valence-electron chi connectivity index (χ4n) is 8.32. The van der Waals surface area contributed by atoms with Crippen molar-refractivity contribution in [2.45, 2.75) is 43.1 Å². The van der Waals surface area contributed by atoms with Crippen molar-refractivity contribution < 1.29 is 29.0 Å². The zero-order valence-electron chi connectivity index (χ0n) is 27.2. The van der Waals surface area contributed by atoms with Gasteiger partial charge in [-0.2, -0.15) is 0 Å². The third-order valence-electron chi connectivity index (χ3n) is 10.5. The molecule has 10 nitrogen and oxygen atoms in total. The number of fused-ring (bicyclic) bond motifs is 1. The van der Waals surface area contributed by atoms with Crippen LogP contribution in [0.2, 0.25) is 0 Å². The number of rotatable bonds is 13. The number of anilines is 1. The number of hydrogen-bond donors (Lipinski definition) is 1. The first kappa shape index (κ1) is 33.1. The summed E-state index contributed by atoms with van der Waals surface area (Å²) in [4.78, 5) is 51.8. The lowest BCUT2D eigenvalue weighted by molar-refractivity contribution is -0.155. The lowest BCUT2D eigenvalue weighted by Gasteiger charge is -2.40. The largest absolute Gasteiger partial charge is 0.394 e. The summed E-state index contributed by atoms with van der Waals surface area (Å²) in [6.07, 6.45) is 4.33. The molecule has 4 heterocycles. The topological polar surface area (TPSA) is 103 Å². The normalized spacial score (nSPS) is 28.9. The standard InChI is InChI=1S/C37H46N4O6/c1-4-18-39(21-20-38-22-24-46-25-23-38)35(45)32-37-17-16-36(3,47-37)30(33(43)40(19-5-2)28-14-10-7-11-15-28)31(37)34(44)41(32)29(26-42)27-12-8-6-9-13-27/h4-15,29-32,42H,1-2,16-26H2,3H3/t29-,30-,31+,32?,36+,37?/m1/s1. The number of carbonyl (C=O) groups is 3. The zero-order chi connectivity index (χ0) is 33.2. The van der Waals surface area contributed by atoms with Crippen LogP contribution in [0.1, 0.15) is 31.4 Å². The lowest BCUT2D eigenvalue weighted by atomic mass is 9.66. The number of carbonyl (C=O) groups excluding carboxylic acids is 3. The molecule has 0 radical (unpaired) electrons. The Morgan fingerprint density at radius 1 is 1.00 bits per heavy atom. The van der Waals surface area contributed by atoms with E-state index in [4.69, 9.17) is 9.47 Å². The lowest BCUT2D eigenvalue weighted by Crippen LogP contribution is -2.58. The average Bonchev–Trinajstić information content (AvgIpc) is 3.67. The molecule has 0 aromatic heterocycles. The summed E-state index contributed by atoms with van der Waals surface area (Å²) in [5, 5.41) is 10.9. The molecule has 2 unspecified atom stereocenters. The van der Waals surface area contributed by atoms with Crippen molar-refractivity contribution in [1.29, 1.82) is 0 Å². The molecule has 4 saturated heterocycles. The molecule has 1 spiro atoms. The van der Waals surface area contributed by atoms with E-state index in [-0.39, 0.29) is 30.9 Å². The smallest absolute Gasteiger partial charge is 0.248 e. The molecule has 6 rings (SSSR count). The molecule has 6 atom stereocenters. The molecule has 2 bridgehead atoms. The van der Waals surface area contributed by atoms with E-state index in [1.54, 1.807) is 26.9 Å². The van der Waals surface area contributed by atoms with Gasteiger partial charge in [-0.1, -0.05) is 60.7 Å². The minimum Gasteiger partial charge on any atom is -0.394 e. The fourth-order valence-corrected chi connectivity index (χ4v) is 8.32. The highest BCUT2D eigenvalue weighted by atomic mass is 16.5. The summed E-state index contributed by atoms with van der Waals surface area (Å²) >= 11 is 0. The van der Waals surface area contributed by atoms with Crippen molar-refractivity contribution in [3.8, 4) is 0 Å². The monoisotopic (exact) mass is 642 g/mol. The Kier molecular flexibility index (Phi) is 9.66. The van der Waals surface area contributed by atoms with Crippen LogP contribution in [0.5, 0.6) is 0 Å². The minimum atomic E-state index is -1.24. The van der Waals surface area contributed by atoms with Gasteiger partial charge in [0.25, 0.3) is 0 Å². The molecular formula is C37H46N4O6. The number of aliphatic hydroxyl groups excluding tert-OH is 1. The molecule has 250 valence electrons. The maximum Gasteiger partial charge on any atom is 0.248 e. The number of likely N-dealkylation sites (tertiary alicyclic amines) is 1. The Morgan fingerprint density at radius 3 is 2.30 bits per heavy atom. The maximum absolute atomic E-state index is 15.0. The summed E-state index contributed by atoms with van der Waals surface area (Å²) in [6.45, 7) is 13.8. The van der Waals surface area contributed by atoms with Gasteiger partial charge in [-0.05, 0) is 37.5 Å². The van der Waals surface area contributed by atoms with Gasteiger partial charge < -0.3 is 29.3 Å². The quantitative estimate of drug-likeness (QED) is 0.335. The van der Waals surface area contributed by atoms with E-state index >= 15 is 0 Å². The van der Waals surface area contributed by atoms with Crippen LogP contribution in [0.25, 0.3) is 0 Å². The molecule has 4 fully saturated rings. The van der Waals surface area contributed by atoms with Crippen molar-refractivity contribution in [3.05, 3.63) is 91.5 Å². The van der Waals surface area contributed by atoms with Crippen LogP contribution in [0.3, 0.4) is 0 Å². The van der Waals surface area contributed by atoms with Gasteiger partial charge >= 0.3 is 0 Å². The molecule has 1 N–H and O–H groups in total. The second-order valence-corrected chi connectivity index (χ2v) is 13.2. The highest BCUT2D eigenvalue weighted by Crippen LogP contribution is 2.64. The number of ether oxygens (including phenoxy) is 2. The van der Waals surface area contributed by atoms with Crippen LogP contribution in [0, 0.1) is 11.8 Å². The minimum absolute atomic E-state index is 0.234. The molecule has 0 saturated carbocycles. The third kappa shape index (κ3) is 5.82. The fraction of sp³-hybridized carbons (Fsp3) is 0.486. The van der Waals surface area contributed by atoms with Crippen molar-refractivity contribution in [3.63, 3.8) is 0 Å². The first-order valence-corrected chi connectivity index (χ1v) is 16.6. The molecule has 2 aromatic carbocycles. The number of benzene rings is 2. The summed E-state index contributed by atoms with van der Waals surface area (Å²) in [6, 6.07) is 16.8. The van der Waals surface area contributed by atoms with Gasteiger partial charge in [-0.15, -0.1) is 13.2 Å². The van der Waals surface area contributed by atoms with Gasteiger partial charge in [0.2, 0.25) is 17.7 Å². The Hall–Kier alpha value is -3.83. The Bertz CT molecular complexity index is 1470. The van der Waals surface area contributed by atoms with Gasteiger partial charge in [0.1, 0.15) is 11.6 Å². The number of hydrogen-bond acceptors (Lipinski definition) is 7. The molecule has 47 heavy (non-hydrogen) atoms. The van der Waals surface area contributed by atoms with Crippen molar-refractivity contribution in [2.24, 2.45) is 11.8 Å². The van der Waals surface area contributed by atoms with Crippen molar-refractivity contribution in [2.75, 3.05) is 64.0 Å². The van der Waals surface area contributed by atoms with Gasteiger partial charge in [0.05, 0.1) is 43.3 Å². The van der Waals surface area contributed by atoms with Gasteiger partial charge in [-0.25, -0.2) is 0 Å². The highest BCUT2D eigenvalue weighted by molar-refractivity contribution is 6.03. The number of para-hydroxylation sites is 1. The summed E-state index contributed by atoms with van der Waals surface area (Å²) in [5.74, 6) is -2.57. The number of nitrogens with zero attached hydrogens (tertiary/aromatic N) is 4.